The Balaban J connectivity index is 2.85. The SMILES string of the molecule is CCCN(CCCl)C(=O)c1scc(C)c1Cl. The van der Waals surface area contributed by atoms with Gasteiger partial charge in [-0.05, 0) is 24.3 Å². The molecule has 1 rings (SSSR count). The fourth-order valence-corrected chi connectivity index (χ4v) is 2.85. The summed E-state index contributed by atoms with van der Waals surface area (Å²) in [7, 11) is 0. The molecular weight excluding hydrogens is 265 g/mol. The lowest BCUT2D eigenvalue weighted by Gasteiger charge is -2.20. The fourth-order valence-electron chi connectivity index (χ4n) is 1.40. The van der Waals surface area contributed by atoms with Crippen LogP contribution in [-0.4, -0.2) is 29.8 Å². The van der Waals surface area contributed by atoms with E-state index in [-0.39, 0.29) is 5.91 Å². The van der Waals surface area contributed by atoms with E-state index in [1.807, 2.05) is 19.2 Å². The van der Waals surface area contributed by atoms with Crippen molar-refractivity contribution < 1.29 is 4.79 Å². The van der Waals surface area contributed by atoms with Crippen molar-refractivity contribution in [1.82, 2.24) is 4.90 Å². The summed E-state index contributed by atoms with van der Waals surface area (Å²) in [6.07, 6.45) is 0.921. The molecule has 90 valence electrons. The minimum atomic E-state index is -0.00870. The highest BCUT2D eigenvalue weighted by Crippen LogP contribution is 2.28. The standard InChI is InChI=1S/C11H15Cl2NOS/c1-3-5-14(6-4-12)11(15)10-9(13)8(2)7-16-10/h7H,3-6H2,1-2H3. The maximum absolute atomic E-state index is 12.2. The molecule has 0 aliphatic carbocycles. The van der Waals surface area contributed by atoms with Crippen molar-refractivity contribution in [2.24, 2.45) is 0 Å². The van der Waals surface area contributed by atoms with Gasteiger partial charge in [0, 0.05) is 19.0 Å². The average Bonchev–Trinajstić information content (AvgIpc) is 2.59. The Kier molecular flexibility index (Phi) is 5.59. The van der Waals surface area contributed by atoms with E-state index in [0.29, 0.717) is 22.3 Å². The summed E-state index contributed by atoms with van der Waals surface area (Å²) in [5.74, 6) is 0.443. The third-order valence-corrected chi connectivity index (χ3v) is 4.08. The lowest BCUT2D eigenvalue weighted by molar-refractivity contribution is 0.0770. The van der Waals surface area contributed by atoms with Crippen molar-refractivity contribution in [1.29, 1.82) is 0 Å². The number of aryl methyl sites for hydroxylation is 1. The molecule has 0 unspecified atom stereocenters. The highest BCUT2D eigenvalue weighted by molar-refractivity contribution is 7.13. The fraction of sp³-hybridized carbons (Fsp3) is 0.545. The molecule has 0 fully saturated rings. The van der Waals surface area contributed by atoms with Gasteiger partial charge in [-0.25, -0.2) is 0 Å². The molecule has 16 heavy (non-hydrogen) atoms. The third-order valence-electron chi connectivity index (χ3n) is 2.23. The zero-order valence-electron chi connectivity index (χ0n) is 9.43. The second-order valence-electron chi connectivity index (χ2n) is 3.54. The van der Waals surface area contributed by atoms with Gasteiger partial charge in [-0.3, -0.25) is 4.79 Å². The van der Waals surface area contributed by atoms with E-state index in [4.69, 9.17) is 23.2 Å². The van der Waals surface area contributed by atoms with Crippen LogP contribution < -0.4 is 0 Å². The van der Waals surface area contributed by atoms with Gasteiger partial charge in [0.15, 0.2) is 0 Å². The van der Waals surface area contributed by atoms with Crippen LogP contribution in [0.5, 0.6) is 0 Å². The zero-order chi connectivity index (χ0) is 12.1. The molecule has 0 saturated heterocycles. The first kappa shape index (κ1) is 13.8. The number of carbonyl (C=O) groups excluding carboxylic acids is 1. The van der Waals surface area contributed by atoms with E-state index in [2.05, 4.69) is 0 Å². The first-order chi connectivity index (χ1) is 7.61. The number of rotatable bonds is 5. The van der Waals surface area contributed by atoms with Gasteiger partial charge in [-0.2, -0.15) is 0 Å². The maximum Gasteiger partial charge on any atom is 0.265 e. The molecule has 0 atom stereocenters. The lowest BCUT2D eigenvalue weighted by atomic mass is 10.3. The van der Waals surface area contributed by atoms with Gasteiger partial charge >= 0.3 is 0 Å². The zero-order valence-corrected chi connectivity index (χ0v) is 11.8. The van der Waals surface area contributed by atoms with Crippen LogP contribution >= 0.6 is 34.5 Å². The summed E-state index contributed by atoms with van der Waals surface area (Å²) in [6, 6.07) is 0. The van der Waals surface area contributed by atoms with Gasteiger partial charge < -0.3 is 4.90 Å². The minimum Gasteiger partial charge on any atom is -0.337 e. The Morgan fingerprint density at radius 1 is 1.50 bits per heavy atom. The predicted octanol–water partition coefficient (Wildman–Crippen LogP) is 3.80. The van der Waals surface area contributed by atoms with Gasteiger partial charge in [0.25, 0.3) is 5.91 Å². The van der Waals surface area contributed by atoms with Crippen LogP contribution in [0.15, 0.2) is 5.38 Å². The maximum atomic E-state index is 12.2. The molecule has 0 radical (unpaired) electrons. The number of thiophene rings is 1. The van der Waals surface area contributed by atoms with E-state index in [9.17, 15) is 4.79 Å². The second kappa shape index (κ2) is 6.48. The van der Waals surface area contributed by atoms with Gasteiger partial charge in [0.05, 0.1) is 5.02 Å². The van der Waals surface area contributed by atoms with Crippen molar-refractivity contribution in [2.45, 2.75) is 20.3 Å². The van der Waals surface area contributed by atoms with Crippen molar-refractivity contribution in [2.75, 3.05) is 19.0 Å². The van der Waals surface area contributed by atoms with E-state index in [0.717, 1.165) is 18.5 Å². The Bertz CT molecular complexity index is 359. The molecule has 2 nitrogen and oxygen atoms in total. The quantitative estimate of drug-likeness (QED) is 0.751. The lowest BCUT2D eigenvalue weighted by Crippen LogP contribution is -2.33. The average molecular weight is 280 g/mol. The molecule has 0 spiro atoms. The van der Waals surface area contributed by atoms with Crippen LogP contribution in [-0.2, 0) is 0 Å². The van der Waals surface area contributed by atoms with Gasteiger partial charge in [-0.1, -0.05) is 18.5 Å². The monoisotopic (exact) mass is 279 g/mol. The molecule has 1 aromatic rings. The van der Waals surface area contributed by atoms with Crippen molar-refractivity contribution >= 4 is 40.4 Å². The first-order valence-electron chi connectivity index (χ1n) is 5.20. The highest BCUT2D eigenvalue weighted by Gasteiger charge is 2.20. The molecule has 0 saturated carbocycles. The molecule has 1 aromatic heterocycles. The van der Waals surface area contributed by atoms with Crippen LogP contribution in [0.1, 0.15) is 28.6 Å². The van der Waals surface area contributed by atoms with Gasteiger partial charge in [-0.15, -0.1) is 22.9 Å². The van der Waals surface area contributed by atoms with Crippen LogP contribution in [0.4, 0.5) is 0 Å². The van der Waals surface area contributed by atoms with E-state index in [1.54, 1.807) is 4.90 Å². The topological polar surface area (TPSA) is 20.3 Å². The summed E-state index contributed by atoms with van der Waals surface area (Å²) in [4.78, 5) is 14.5. The molecule has 5 heteroatoms. The first-order valence-corrected chi connectivity index (χ1v) is 6.99. The molecule has 1 heterocycles. The number of halogens is 2. The molecular formula is C11H15Cl2NOS. The Labute approximate surface area is 110 Å². The summed E-state index contributed by atoms with van der Waals surface area (Å²) in [5, 5.41) is 2.48. The molecule has 1 amide bonds. The van der Waals surface area contributed by atoms with E-state index < -0.39 is 0 Å². The third kappa shape index (κ3) is 3.12. The number of carbonyl (C=O) groups is 1. The highest BCUT2D eigenvalue weighted by atomic mass is 35.5. The molecule has 0 bridgehead atoms. The Hall–Kier alpha value is -0.250. The number of hydrogen-bond donors (Lipinski definition) is 0. The normalized spacial score (nSPS) is 10.5. The van der Waals surface area contributed by atoms with E-state index in [1.165, 1.54) is 11.3 Å². The molecule has 0 N–H and O–H groups in total. The van der Waals surface area contributed by atoms with Crippen LogP contribution in [0.2, 0.25) is 5.02 Å². The number of amides is 1. The van der Waals surface area contributed by atoms with E-state index >= 15 is 0 Å². The number of alkyl halides is 1. The Morgan fingerprint density at radius 3 is 2.62 bits per heavy atom. The van der Waals surface area contributed by atoms with Crippen LogP contribution in [0.3, 0.4) is 0 Å². The smallest absolute Gasteiger partial charge is 0.265 e. The second-order valence-corrected chi connectivity index (χ2v) is 5.18. The Morgan fingerprint density at radius 2 is 2.19 bits per heavy atom. The molecule has 0 aliphatic rings. The summed E-state index contributed by atoms with van der Waals surface area (Å²) in [6.45, 7) is 5.23. The van der Waals surface area contributed by atoms with Gasteiger partial charge in [0.2, 0.25) is 0 Å². The van der Waals surface area contributed by atoms with Crippen molar-refractivity contribution in [3.63, 3.8) is 0 Å². The number of nitrogens with zero attached hydrogens (tertiary/aromatic N) is 1. The van der Waals surface area contributed by atoms with Crippen molar-refractivity contribution in [3.8, 4) is 0 Å². The van der Waals surface area contributed by atoms with Gasteiger partial charge in [0.1, 0.15) is 4.88 Å². The van der Waals surface area contributed by atoms with Crippen LogP contribution in [0, 0.1) is 6.92 Å². The largest absolute Gasteiger partial charge is 0.337 e. The number of hydrogen-bond acceptors (Lipinski definition) is 2. The summed E-state index contributed by atoms with van der Waals surface area (Å²) >= 11 is 13.2. The summed E-state index contributed by atoms with van der Waals surface area (Å²) < 4.78 is 0. The predicted molar refractivity (Wildman–Crippen MR) is 71.0 cm³/mol. The molecule has 0 aromatic carbocycles. The minimum absolute atomic E-state index is 0.00870. The summed E-state index contributed by atoms with van der Waals surface area (Å²) in [5.41, 5.74) is 0.956. The molecule has 0 aliphatic heterocycles. The van der Waals surface area contributed by atoms with Crippen molar-refractivity contribution in [3.05, 3.63) is 20.8 Å². The van der Waals surface area contributed by atoms with Crippen LogP contribution in [0.25, 0.3) is 0 Å².